The molecule has 0 unspecified atom stereocenters. The Morgan fingerprint density at radius 2 is 2.18 bits per heavy atom. The zero-order chi connectivity index (χ0) is 15.4. The maximum absolute atomic E-state index is 12.2. The van der Waals surface area contributed by atoms with E-state index < -0.39 is 0 Å². The highest BCUT2D eigenvalue weighted by atomic mass is 32.1. The number of amides is 1. The molecule has 1 atom stereocenters. The average molecular weight is 317 g/mol. The molecule has 0 radical (unpaired) electrons. The normalized spacial score (nSPS) is 17.4. The molecular weight excluding hydrogens is 298 g/mol. The fourth-order valence-corrected chi connectivity index (χ4v) is 3.32. The molecule has 116 valence electrons. The highest BCUT2D eigenvalue weighted by Gasteiger charge is 2.17. The van der Waals surface area contributed by atoms with Crippen molar-refractivity contribution in [2.45, 2.75) is 18.9 Å². The highest BCUT2D eigenvalue weighted by Crippen LogP contribution is 2.27. The number of hydrogen-bond donors (Lipinski definition) is 1. The molecule has 3 rings (SSSR count). The van der Waals surface area contributed by atoms with Crippen molar-refractivity contribution in [3.8, 4) is 16.9 Å². The predicted molar refractivity (Wildman–Crippen MR) is 87.6 cm³/mol. The third-order valence-corrected chi connectivity index (χ3v) is 4.69. The average Bonchev–Trinajstić information content (AvgIpc) is 3.24. The Kier molecular flexibility index (Phi) is 4.75. The summed E-state index contributed by atoms with van der Waals surface area (Å²) in [7, 11) is 1.65. The van der Waals surface area contributed by atoms with Gasteiger partial charge in [0.2, 0.25) is 0 Å². The Bertz CT molecular complexity index is 630. The van der Waals surface area contributed by atoms with Gasteiger partial charge in [-0.15, -0.1) is 11.3 Å². The third kappa shape index (κ3) is 3.48. The van der Waals surface area contributed by atoms with Crippen LogP contribution < -0.4 is 10.1 Å². The van der Waals surface area contributed by atoms with Gasteiger partial charge in [0.25, 0.3) is 5.91 Å². The minimum Gasteiger partial charge on any atom is -0.497 e. The number of benzene rings is 1. The molecule has 1 fully saturated rings. The number of thiophene rings is 1. The van der Waals surface area contributed by atoms with E-state index in [1.54, 1.807) is 7.11 Å². The molecule has 0 aliphatic carbocycles. The monoisotopic (exact) mass is 317 g/mol. The number of methoxy groups -OCH3 is 1. The summed E-state index contributed by atoms with van der Waals surface area (Å²) in [6.45, 7) is 1.40. The van der Waals surface area contributed by atoms with E-state index in [4.69, 9.17) is 9.47 Å². The van der Waals surface area contributed by atoms with E-state index >= 15 is 0 Å². The van der Waals surface area contributed by atoms with Crippen LogP contribution in [-0.2, 0) is 4.74 Å². The third-order valence-electron chi connectivity index (χ3n) is 3.76. The maximum atomic E-state index is 12.2. The van der Waals surface area contributed by atoms with Gasteiger partial charge in [0, 0.05) is 13.2 Å². The molecule has 2 heterocycles. The lowest BCUT2D eigenvalue weighted by Crippen LogP contribution is -2.31. The van der Waals surface area contributed by atoms with Crippen LogP contribution in [0.3, 0.4) is 0 Å². The van der Waals surface area contributed by atoms with Crippen LogP contribution in [-0.4, -0.2) is 32.3 Å². The summed E-state index contributed by atoms with van der Waals surface area (Å²) < 4.78 is 10.7. The van der Waals surface area contributed by atoms with Crippen LogP contribution >= 0.6 is 11.3 Å². The quantitative estimate of drug-likeness (QED) is 0.920. The minimum atomic E-state index is -0.0275. The van der Waals surface area contributed by atoms with Crippen molar-refractivity contribution in [2.75, 3.05) is 20.3 Å². The number of hydrogen-bond acceptors (Lipinski definition) is 4. The van der Waals surface area contributed by atoms with Crippen LogP contribution in [0.1, 0.15) is 22.5 Å². The van der Waals surface area contributed by atoms with Crippen molar-refractivity contribution in [1.29, 1.82) is 0 Å². The van der Waals surface area contributed by atoms with E-state index in [1.165, 1.54) is 11.3 Å². The molecule has 0 bridgehead atoms. The van der Waals surface area contributed by atoms with Gasteiger partial charge in [0.15, 0.2) is 0 Å². The molecule has 0 saturated carbocycles. The molecule has 1 saturated heterocycles. The summed E-state index contributed by atoms with van der Waals surface area (Å²) in [5.41, 5.74) is 2.13. The lowest BCUT2D eigenvalue weighted by molar-refractivity contribution is 0.0861. The Labute approximate surface area is 134 Å². The van der Waals surface area contributed by atoms with E-state index in [2.05, 4.69) is 5.32 Å². The zero-order valence-corrected chi connectivity index (χ0v) is 13.3. The van der Waals surface area contributed by atoms with Crippen LogP contribution in [0.5, 0.6) is 5.75 Å². The molecule has 1 N–H and O–H groups in total. The van der Waals surface area contributed by atoms with Crippen molar-refractivity contribution in [3.63, 3.8) is 0 Å². The van der Waals surface area contributed by atoms with Crippen molar-refractivity contribution in [1.82, 2.24) is 5.32 Å². The molecule has 1 aliphatic heterocycles. The van der Waals surface area contributed by atoms with Crippen LogP contribution in [0.15, 0.2) is 35.7 Å². The number of carbonyl (C=O) groups is 1. The molecule has 2 aromatic rings. The first-order chi connectivity index (χ1) is 10.8. The van der Waals surface area contributed by atoms with Crippen molar-refractivity contribution in [3.05, 3.63) is 40.6 Å². The molecule has 1 aromatic carbocycles. The van der Waals surface area contributed by atoms with E-state index in [9.17, 15) is 4.79 Å². The Hall–Kier alpha value is -1.85. The number of nitrogens with one attached hydrogen (secondary N) is 1. The van der Waals surface area contributed by atoms with Crippen molar-refractivity contribution < 1.29 is 14.3 Å². The van der Waals surface area contributed by atoms with Gasteiger partial charge >= 0.3 is 0 Å². The lowest BCUT2D eigenvalue weighted by atomic mass is 10.1. The largest absolute Gasteiger partial charge is 0.497 e. The second-order valence-electron chi connectivity index (χ2n) is 5.27. The summed E-state index contributed by atoms with van der Waals surface area (Å²) in [6, 6.07) is 9.76. The second-order valence-corrected chi connectivity index (χ2v) is 6.18. The fourth-order valence-electron chi connectivity index (χ4n) is 2.49. The summed E-state index contributed by atoms with van der Waals surface area (Å²) in [6.07, 6.45) is 2.29. The summed E-state index contributed by atoms with van der Waals surface area (Å²) in [5, 5.41) is 4.95. The lowest BCUT2D eigenvalue weighted by Gasteiger charge is -2.09. The molecule has 1 amide bonds. The Morgan fingerprint density at radius 1 is 1.36 bits per heavy atom. The topological polar surface area (TPSA) is 47.6 Å². The first kappa shape index (κ1) is 15.1. The zero-order valence-electron chi connectivity index (χ0n) is 12.5. The summed E-state index contributed by atoms with van der Waals surface area (Å²) >= 11 is 1.46. The molecule has 1 aliphatic rings. The van der Waals surface area contributed by atoms with Gasteiger partial charge in [-0.25, -0.2) is 0 Å². The second kappa shape index (κ2) is 6.94. The van der Waals surface area contributed by atoms with Crippen molar-refractivity contribution >= 4 is 17.2 Å². The molecule has 5 heteroatoms. The first-order valence-electron chi connectivity index (χ1n) is 7.39. The van der Waals surface area contributed by atoms with Crippen LogP contribution in [0.2, 0.25) is 0 Å². The maximum Gasteiger partial charge on any atom is 0.261 e. The summed E-state index contributed by atoms with van der Waals surface area (Å²) in [4.78, 5) is 12.9. The van der Waals surface area contributed by atoms with Crippen LogP contribution in [0, 0.1) is 0 Å². The number of rotatable bonds is 5. The van der Waals surface area contributed by atoms with Gasteiger partial charge < -0.3 is 14.8 Å². The summed E-state index contributed by atoms with van der Waals surface area (Å²) in [5.74, 6) is 0.800. The standard InChI is InChI=1S/C17H19NO3S/c1-20-14-6-4-12(5-7-14)13-9-16(22-11-13)17(19)18-10-15-3-2-8-21-15/h4-7,9,11,15H,2-3,8,10H2,1H3,(H,18,19)/t15-/m1/s1. The van der Waals surface area contributed by atoms with Gasteiger partial charge in [0.05, 0.1) is 18.1 Å². The van der Waals surface area contributed by atoms with Gasteiger partial charge in [-0.05, 0) is 47.5 Å². The number of ether oxygens (including phenoxy) is 2. The van der Waals surface area contributed by atoms with Gasteiger partial charge in [0.1, 0.15) is 5.75 Å². The SMILES string of the molecule is COc1ccc(-c2csc(C(=O)NC[C@H]3CCCO3)c2)cc1. The van der Waals surface area contributed by atoms with Gasteiger partial charge in [-0.1, -0.05) is 12.1 Å². The van der Waals surface area contributed by atoms with E-state index in [1.807, 2.05) is 35.7 Å². The van der Waals surface area contributed by atoms with Crippen LogP contribution in [0.4, 0.5) is 0 Å². The smallest absolute Gasteiger partial charge is 0.261 e. The van der Waals surface area contributed by atoms with Crippen LogP contribution in [0.25, 0.3) is 11.1 Å². The highest BCUT2D eigenvalue weighted by molar-refractivity contribution is 7.12. The van der Waals surface area contributed by atoms with E-state index in [0.717, 1.165) is 41.2 Å². The first-order valence-corrected chi connectivity index (χ1v) is 8.27. The van der Waals surface area contributed by atoms with Crippen molar-refractivity contribution in [2.24, 2.45) is 0 Å². The van der Waals surface area contributed by atoms with E-state index in [-0.39, 0.29) is 12.0 Å². The Balaban J connectivity index is 1.63. The molecule has 4 nitrogen and oxygen atoms in total. The van der Waals surface area contributed by atoms with Gasteiger partial charge in [-0.2, -0.15) is 0 Å². The number of carbonyl (C=O) groups excluding carboxylic acids is 1. The minimum absolute atomic E-state index is 0.0275. The molecular formula is C17H19NO3S. The fraction of sp³-hybridized carbons (Fsp3) is 0.353. The van der Waals surface area contributed by atoms with E-state index in [0.29, 0.717) is 6.54 Å². The molecule has 1 aromatic heterocycles. The molecule has 0 spiro atoms. The van der Waals surface area contributed by atoms with Gasteiger partial charge in [-0.3, -0.25) is 4.79 Å². The predicted octanol–water partition coefficient (Wildman–Crippen LogP) is 3.33. The molecule has 22 heavy (non-hydrogen) atoms. The Morgan fingerprint density at radius 3 is 2.86 bits per heavy atom.